The Bertz CT molecular complexity index is 772. The summed E-state index contributed by atoms with van der Waals surface area (Å²) in [6.45, 7) is 9.69. The van der Waals surface area contributed by atoms with Crippen molar-refractivity contribution in [3.8, 4) is 5.88 Å². The molecule has 2 aromatic heterocycles. The number of amides is 1. The molecule has 3 heterocycles. The molecule has 2 aromatic rings. The first-order valence-electron chi connectivity index (χ1n) is 8.67. The molecule has 0 aliphatic carbocycles. The zero-order valence-corrected chi connectivity index (χ0v) is 16.8. The van der Waals surface area contributed by atoms with Crippen LogP contribution < -0.4 is 4.74 Å². The van der Waals surface area contributed by atoms with Gasteiger partial charge in [-0.15, -0.1) is 11.3 Å². The summed E-state index contributed by atoms with van der Waals surface area (Å²) in [7, 11) is 0. The monoisotopic (exact) mass is 394 g/mol. The van der Waals surface area contributed by atoms with E-state index in [1.54, 1.807) is 17.4 Å². The topological polar surface area (TPSA) is 58.6 Å². The molecule has 8 heteroatoms. The molecular weight excluding hydrogens is 372 g/mol. The van der Waals surface area contributed by atoms with E-state index in [2.05, 4.69) is 20.2 Å². The third-order valence-electron chi connectivity index (χ3n) is 4.11. The molecule has 0 N–H and O–H groups in total. The van der Waals surface area contributed by atoms with Gasteiger partial charge in [-0.05, 0) is 26.8 Å². The smallest absolute Gasteiger partial charge is 0.255 e. The molecular formula is C18H23ClN4O2S. The quantitative estimate of drug-likeness (QED) is 0.779. The highest BCUT2D eigenvalue weighted by Gasteiger charge is 2.23. The van der Waals surface area contributed by atoms with Gasteiger partial charge in [-0.3, -0.25) is 9.69 Å². The van der Waals surface area contributed by atoms with E-state index in [9.17, 15) is 4.79 Å². The maximum Gasteiger partial charge on any atom is 0.255 e. The van der Waals surface area contributed by atoms with Crippen LogP contribution in [0.5, 0.6) is 5.88 Å². The summed E-state index contributed by atoms with van der Waals surface area (Å²) < 4.78 is 5.52. The van der Waals surface area contributed by atoms with Crippen molar-refractivity contribution in [1.82, 2.24) is 19.8 Å². The molecule has 1 aliphatic rings. The Morgan fingerprint density at radius 2 is 2.08 bits per heavy atom. The number of hydrogen-bond acceptors (Lipinski definition) is 6. The minimum absolute atomic E-state index is 0.0175. The molecule has 1 amide bonds. The number of rotatable bonds is 5. The van der Waals surface area contributed by atoms with Crippen molar-refractivity contribution in [2.75, 3.05) is 26.2 Å². The molecule has 1 aliphatic heterocycles. The van der Waals surface area contributed by atoms with Gasteiger partial charge in [-0.25, -0.2) is 9.97 Å². The van der Waals surface area contributed by atoms with Gasteiger partial charge in [0.25, 0.3) is 5.91 Å². The normalized spacial score (nSPS) is 15.5. The van der Waals surface area contributed by atoms with E-state index in [0.717, 1.165) is 30.3 Å². The number of carbonyl (C=O) groups is 1. The molecule has 140 valence electrons. The van der Waals surface area contributed by atoms with Crippen molar-refractivity contribution in [3.05, 3.63) is 38.9 Å². The lowest BCUT2D eigenvalue weighted by atomic mass is 10.2. The van der Waals surface area contributed by atoms with Crippen LogP contribution in [-0.4, -0.2) is 58.0 Å². The van der Waals surface area contributed by atoms with E-state index in [-0.39, 0.29) is 12.0 Å². The Morgan fingerprint density at radius 1 is 1.35 bits per heavy atom. The van der Waals surface area contributed by atoms with Gasteiger partial charge in [0.05, 0.1) is 22.4 Å². The molecule has 0 radical (unpaired) electrons. The fourth-order valence-electron chi connectivity index (χ4n) is 2.85. The number of thiazole rings is 1. The van der Waals surface area contributed by atoms with E-state index in [1.807, 2.05) is 25.7 Å². The number of pyridine rings is 1. The van der Waals surface area contributed by atoms with Gasteiger partial charge in [0, 0.05) is 44.3 Å². The summed E-state index contributed by atoms with van der Waals surface area (Å²) in [4.78, 5) is 25.6. The summed E-state index contributed by atoms with van der Waals surface area (Å²) in [6, 6.07) is 1.64. The fourth-order valence-corrected chi connectivity index (χ4v) is 3.67. The third-order valence-corrected chi connectivity index (χ3v) is 5.21. The first kappa shape index (κ1) is 19.1. The summed E-state index contributed by atoms with van der Waals surface area (Å²) in [6.07, 6.45) is 1.52. The maximum absolute atomic E-state index is 12.7. The van der Waals surface area contributed by atoms with E-state index in [4.69, 9.17) is 16.3 Å². The highest BCUT2D eigenvalue weighted by molar-refractivity contribution is 7.09. The molecule has 1 fully saturated rings. The highest BCUT2D eigenvalue weighted by atomic mass is 35.5. The molecule has 26 heavy (non-hydrogen) atoms. The molecule has 3 rings (SSSR count). The number of carbonyl (C=O) groups excluding carboxylic acids is 1. The predicted octanol–water partition coefficient (Wildman–Crippen LogP) is 3.25. The van der Waals surface area contributed by atoms with Gasteiger partial charge in [0.2, 0.25) is 5.88 Å². The van der Waals surface area contributed by atoms with Crippen LogP contribution in [0.3, 0.4) is 0 Å². The fraction of sp³-hybridized carbons (Fsp3) is 0.500. The second kappa shape index (κ2) is 8.33. The second-order valence-electron chi connectivity index (χ2n) is 6.60. The van der Waals surface area contributed by atoms with Crippen molar-refractivity contribution in [2.45, 2.75) is 33.4 Å². The molecule has 0 atom stereocenters. The number of hydrogen-bond donors (Lipinski definition) is 0. The van der Waals surface area contributed by atoms with Crippen LogP contribution in [0.2, 0.25) is 5.02 Å². The zero-order valence-electron chi connectivity index (χ0n) is 15.2. The number of piperazine rings is 1. The zero-order chi connectivity index (χ0) is 18.7. The minimum atomic E-state index is -0.0420. The van der Waals surface area contributed by atoms with E-state index in [0.29, 0.717) is 29.6 Å². The van der Waals surface area contributed by atoms with Crippen molar-refractivity contribution >= 4 is 28.8 Å². The summed E-state index contributed by atoms with van der Waals surface area (Å²) in [5.74, 6) is 0.321. The number of halogens is 1. The third kappa shape index (κ3) is 4.72. The van der Waals surface area contributed by atoms with Crippen LogP contribution in [0.25, 0.3) is 0 Å². The van der Waals surface area contributed by atoms with Crippen LogP contribution in [0.4, 0.5) is 0 Å². The Kier molecular flexibility index (Phi) is 6.11. The van der Waals surface area contributed by atoms with Gasteiger partial charge in [-0.1, -0.05) is 11.6 Å². The first-order chi connectivity index (χ1) is 12.4. The average Bonchev–Trinajstić information content (AvgIpc) is 3.01. The molecule has 0 unspecified atom stereocenters. The molecule has 1 saturated heterocycles. The first-order valence-corrected chi connectivity index (χ1v) is 9.93. The largest absolute Gasteiger partial charge is 0.474 e. The van der Waals surface area contributed by atoms with Crippen molar-refractivity contribution in [3.63, 3.8) is 0 Å². The summed E-state index contributed by atoms with van der Waals surface area (Å²) >= 11 is 7.87. The van der Waals surface area contributed by atoms with Gasteiger partial charge < -0.3 is 9.64 Å². The lowest BCUT2D eigenvalue weighted by Gasteiger charge is -2.34. The Balaban J connectivity index is 1.57. The number of aryl methyl sites for hydroxylation is 1. The van der Waals surface area contributed by atoms with Crippen molar-refractivity contribution in [2.24, 2.45) is 0 Å². The Hall–Kier alpha value is -1.70. The lowest BCUT2D eigenvalue weighted by molar-refractivity contribution is 0.0626. The minimum Gasteiger partial charge on any atom is -0.474 e. The SMILES string of the molecule is Cc1nc(CN2CCN(C(=O)c3cnc(OC(C)C)c(Cl)c3)CC2)cs1. The standard InChI is InChI=1S/C18H23ClN4O2S/c1-12(2)25-17-16(19)8-14(9-20-17)18(24)23-6-4-22(5-7-23)10-15-11-26-13(3)21-15/h8-9,11-12H,4-7,10H2,1-3H3. The highest BCUT2D eigenvalue weighted by Crippen LogP contribution is 2.24. The van der Waals surface area contributed by atoms with Crippen LogP contribution in [-0.2, 0) is 6.54 Å². The Labute approximate surface area is 162 Å². The Morgan fingerprint density at radius 3 is 2.65 bits per heavy atom. The van der Waals surface area contributed by atoms with Crippen LogP contribution >= 0.6 is 22.9 Å². The van der Waals surface area contributed by atoms with E-state index >= 15 is 0 Å². The predicted molar refractivity (Wildman–Crippen MR) is 103 cm³/mol. The number of ether oxygens (including phenoxy) is 1. The van der Waals surface area contributed by atoms with Gasteiger partial charge >= 0.3 is 0 Å². The average molecular weight is 395 g/mol. The van der Waals surface area contributed by atoms with Crippen LogP contribution in [0.1, 0.15) is 34.9 Å². The van der Waals surface area contributed by atoms with Crippen LogP contribution in [0, 0.1) is 6.92 Å². The van der Waals surface area contributed by atoms with Crippen molar-refractivity contribution in [1.29, 1.82) is 0 Å². The van der Waals surface area contributed by atoms with E-state index < -0.39 is 0 Å². The number of aromatic nitrogens is 2. The summed E-state index contributed by atoms with van der Waals surface area (Å²) in [5, 5.41) is 3.55. The van der Waals surface area contributed by atoms with Gasteiger partial charge in [-0.2, -0.15) is 0 Å². The van der Waals surface area contributed by atoms with E-state index in [1.165, 1.54) is 6.20 Å². The maximum atomic E-state index is 12.7. The molecule has 0 bridgehead atoms. The second-order valence-corrected chi connectivity index (χ2v) is 8.07. The summed E-state index contributed by atoms with van der Waals surface area (Å²) in [5.41, 5.74) is 1.60. The molecule has 6 nitrogen and oxygen atoms in total. The van der Waals surface area contributed by atoms with Gasteiger partial charge in [0.15, 0.2) is 0 Å². The van der Waals surface area contributed by atoms with Crippen LogP contribution in [0.15, 0.2) is 17.6 Å². The number of nitrogens with zero attached hydrogens (tertiary/aromatic N) is 4. The van der Waals surface area contributed by atoms with Gasteiger partial charge in [0.1, 0.15) is 5.02 Å². The molecule has 0 spiro atoms. The molecule has 0 saturated carbocycles. The molecule has 0 aromatic carbocycles. The van der Waals surface area contributed by atoms with Crippen molar-refractivity contribution < 1.29 is 9.53 Å². The lowest BCUT2D eigenvalue weighted by Crippen LogP contribution is -2.48.